The van der Waals surface area contributed by atoms with Gasteiger partial charge in [0.15, 0.2) is 0 Å². The van der Waals surface area contributed by atoms with Crippen LogP contribution in [0.5, 0.6) is 0 Å². The van der Waals surface area contributed by atoms with Crippen LogP contribution < -0.4 is 5.32 Å². The van der Waals surface area contributed by atoms with Crippen molar-refractivity contribution in [3.8, 4) is 0 Å². The first-order chi connectivity index (χ1) is 7.63. The molecule has 0 aliphatic heterocycles. The maximum absolute atomic E-state index is 5.67. The van der Waals surface area contributed by atoms with Crippen LogP contribution in [0.2, 0.25) is 0 Å². The number of ether oxygens (including phenoxy) is 1. The third-order valence-corrected chi connectivity index (χ3v) is 2.85. The van der Waals surface area contributed by atoms with Gasteiger partial charge in [0.25, 0.3) is 0 Å². The summed E-state index contributed by atoms with van der Waals surface area (Å²) in [6, 6.07) is 8.66. The van der Waals surface area contributed by atoms with Crippen LogP contribution in [0.25, 0.3) is 0 Å². The molecule has 90 valence electrons. The van der Waals surface area contributed by atoms with Crippen molar-refractivity contribution in [2.45, 2.75) is 32.9 Å². The Morgan fingerprint density at radius 2 is 1.88 bits per heavy atom. The van der Waals surface area contributed by atoms with Gasteiger partial charge in [-0.2, -0.15) is 0 Å². The molecule has 0 spiro atoms. The Morgan fingerprint density at radius 1 is 1.25 bits per heavy atom. The predicted molar refractivity (Wildman–Crippen MR) is 71.6 cm³/mol. The van der Waals surface area contributed by atoms with E-state index in [1.54, 1.807) is 0 Å². The third kappa shape index (κ3) is 4.64. The number of halogens is 1. The van der Waals surface area contributed by atoms with Gasteiger partial charge in [0, 0.05) is 4.47 Å². The van der Waals surface area contributed by atoms with Gasteiger partial charge in [0.05, 0.1) is 18.8 Å². The molecule has 1 rings (SSSR count). The van der Waals surface area contributed by atoms with Crippen LogP contribution in [-0.2, 0) is 4.74 Å². The lowest BCUT2D eigenvalue weighted by atomic mass is 10.1. The highest BCUT2D eigenvalue weighted by Crippen LogP contribution is 2.17. The second-order valence-corrected chi connectivity index (χ2v) is 4.96. The highest BCUT2D eigenvalue weighted by Gasteiger charge is 2.10. The van der Waals surface area contributed by atoms with Gasteiger partial charge in [0.1, 0.15) is 0 Å². The summed E-state index contributed by atoms with van der Waals surface area (Å²) in [7, 11) is 0. The van der Waals surface area contributed by atoms with Crippen molar-refractivity contribution in [1.29, 1.82) is 0 Å². The van der Waals surface area contributed by atoms with Gasteiger partial charge >= 0.3 is 0 Å². The summed E-state index contributed by atoms with van der Waals surface area (Å²) >= 11 is 3.44. The van der Waals surface area contributed by atoms with Crippen LogP contribution in [0, 0.1) is 0 Å². The SMILES string of the molecule is CCNC(COC(C)C)c1ccc(Br)cc1. The van der Waals surface area contributed by atoms with Gasteiger partial charge in [-0.25, -0.2) is 0 Å². The van der Waals surface area contributed by atoms with Crippen LogP contribution in [0.3, 0.4) is 0 Å². The number of hydrogen-bond donors (Lipinski definition) is 1. The van der Waals surface area contributed by atoms with Crippen molar-refractivity contribution >= 4 is 15.9 Å². The van der Waals surface area contributed by atoms with E-state index < -0.39 is 0 Å². The van der Waals surface area contributed by atoms with Crippen molar-refractivity contribution in [2.24, 2.45) is 0 Å². The molecule has 0 saturated carbocycles. The van der Waals surface area contributed by atoms with Crippen molar-refractivity contribution in [2.75, 3.05) is 13.2 Å². The van der Waals surface area contributed by atoms with Crippen LogP contribution in [0.15, 0.2) is 28.7 Å². The molecule has 1 aromatic rings. The molecule has 0 aromatic heterocycles. The fourth-order valence-electron chi connectivity index (χ4n) is 1.50. The zero-order valence-electron chi connectivity index (χ0n) is 10.2. The molecule has 0 saturated heterocycles. The summed E-state index contributed by atoms with van der Waals surface area (Å²) in [5.74, 6) is 0. The molecule has 1 atom stereocenters. The van der Waals surface area contributed by atoms with E-state index in [9.17, 15) is 0 Å². The van der Waals surface area contributed by atoms with Gasteiger partial charge in [-0.15, -0.1) is 0 Å². The molecule has 3 heteroatoms. The number of rotatable bonds is 6. The largest absolute Gasteiger partial charge is 0.377 e. The Labute approximate surface area is 107 Å². The molecular weight excluding hydrogens is 266 g/mol. The first-order valence-corrected chi connectivity index (χ1v) is 6.53. The Morgan fingerprint density at radius 3 is 2.38 bits per heavy atom. The number of likely N-dealkylation sites (N-methyl/N-ethyl adjacent to an activating group) is 1. The van der Waals surface area contributed by atoms with Crippen LogP contribution >= 0.6 is 15.9 Å². The molecule has 1 unspecified atom stereocenters. The summed E-state index contributed by atoms with van der Waals surface area (Å²) in [6.07, 6.45) is 0.275. The minimum Gasteiger partial charge on any atom is -0.377 e. The van der Waals surface area contributed by atoms with E-state index in [0.29, 0.717) is 6.61 Å². The summed E-state index contributed by atoms with van der Waals surface area (Å²) in [4.78, 5) is 0. The quantitative estimate of drug-likeness (QED) is 0.864. The molecule has 0 aliphatic carbocycles. The number of benzene rings is 1. The fourth-order valence-corrected chi connectivity index (χ4v) is 1.77. The first kappa shape index (κ1) is 13.7. The highest BCUT2D eigenvalue weighted by atomic mass is 79.9. The van der Waals surface area contributed by atoms with E-state index in [0.717, 1.165) is 11.0 Å². The second-order valence-electron chi connectivity index (χ2n) is 4.04. The first-order valence-electron chi connectivity index (χ1n) is 5.74. The molecule has 0 fully saturated rings. The van der Waals surface area contributed by atoms with Crippen LogP contribution in [0.1, 0.15) is 32.4 Å². The standard InChI is InChI=1S/C13H20BrNO/c1-4-15-13(9-16-10(2)3)11-5-7-12(14)8-6-11/h5-8,10,13,15H,4,9H2,1-3H3. The normalized spacial score (nSPS) is 13.1. The van der Waals surface area contributed by atoms with Crippen molar-refractivity contribution < 1.29 is 4.74 Å². The fraction of sp³-hybridized carbons (Fsp3) is 0.538. The Kier molecular flexibility index (Phi) is 6.03. The van der Waals surface area contributed by atoms with Gasteiger partial charge < -0.3 is 10.1 Å². The Balaban J connectivity index is 2.64. The monoisotopic (exact) mass is 285 g/mol. The smallest absolute Gasteiger partial charge is 0.0664 e. The van der Waals surface area contributed by atoms with E-state index in [4.69, 9.17) is 4.74 Å². The zero-order chi connectivity index (χ0) is 12.0. The molecule has 0 amide bonds. The maximum Gasteiger partial charge on any atom is 0.0664 e. The molecule has 1 aromatic carbocycles. The minimum atomic E-state index is 0.275. The molecule has 0 radical (unpaired) electrons. The molecule has 16 heavy (non-hydrogen) atoms. The zero-order valence-corrected chi connectivity index (χ0v) is 11.8. The second kappa shape index (κ2) is 7.05. The van der Waals surface area contributed by atoms with Gasteiger partial charge in [-0.05, 0) is 38.1 Å². The Bertz CT molecular complexity index is 297. The maximum atomic E-state index is 5.67. The average Bonchev–Trinajstić information content (AvgIpc) is 2.25. The average molecular weight is 286 g/mol. The molecular formula is C13H20BrNO. The topological polar surface area (TPSA) is 21.3 Å². The van der Waals surface area contributed by atoms with Gasteiger partial charge in [0.2, 0.25) is 0 Å². The van der Waals surface area contributed by atoms with Crippen LogP contribution in [0.4, 0.5) is 0 Å². The molecule has 2 nitrogen and oxygen atoms in total. The predicted octanol–water partition coefficient (Wildman–Crippen LogP) is 3.52. The van der Waals surface area contributed by atoms with E-state index in [2.05, 4.69) is 66.3 Å². The van der Waals surface area contributed by atoms with Crippen LogP contribution in [-0.4, -0.2) is 19.3 Å². The number of nitrogens with one attached hydrogen (secondary N) is 1. The summed E-state index contributed by atoms with van der Waals surface area (Å²) < 4.78 is 6.77. The van der Waals surface area contributed by atoms with E-state index in [1.165, 1.54) is 5.56 Å². The van der Waals surface area contributed by atoms with Crippen molar-refractivity contribution in [3.63, 3.8) is 0 Å². The lowest BCUT2D eigenvalue weighted by molar-refractivity contribution is 0.0614. The van der Waals surface area contributed by atoms with E-state index in [1.807, 2.05) is 0 Å². The lowest BCUT2D eigenvalue weighted by Gasteiger charge is -2.20. The Hall–Kier alpha value is -0.380. The van der Waals surface area contributed by atoms with Gasteiger partial charge in [-0.3, -0.25) is 0 Å². The summed E-state index contributed by atoms with van der Waals surface area (Å²) in [5.41, 5.74) is 1.27. The minimum absolute atomic E-state index is 0.275. The summed E-state index contributed by atoms with van der Waals surface area (Å²) in [6.45, 7) is 7.89. The van der Waals surface area contributed by atoms with E-state index >= 15 is 0 Å². The third-order valence-electron chi connectivity index (χ3n) is 2.32. The lowest BCUT2D eigenvalue weighted by Crippen LogP contribution is -2.26. The summed E-state index contributed by atoms with van der Waals surface area (Å²) in [5, 5.41) is 3.43. The molecule has 0 heterocycles. The molecule has 0 bridgehead atoms. The van der Waals surface area contributed by atoms with Gasteiger partial charge in [-0.1, -0.05) is 35.0 Å². The van der Waals surface area contributed by atoms with Crippen molar-refractivity contribution in [1.82, 2.24) is 5.32 Å². The molecule has 0 aliphatic rings. The number of hydrogen-bond acceptors (Lipinski definition) is 2. The van der Waals surface area contributed by atoms with E-state index in [-0.39, 0.29) is 12.1 Å². The highest BCUT2D eigenvalue weighted by molar-refractivity contribution is 9.10. The molecule has 1 N–H and O–H groups in total. The van der Waals surface area contributed by atoms with Crippen molar-refractivity contribution in [3.05, 3.63) is 34.3 Å².